The van der Waals surface area contributed by atoms with Gasteiger partial charge in [0.25, 0.3) is 0 Å². The van der Waals surface area contributed by atoms with Gasteiger partial charge in [-0.25, -0.2) is 4.98 Å². The predicted octanol–water partition coefficient (Wildman–Crippen LogP) is 2.62. The largest absolute Gasteiger partial charge is 0.493 e. The molecule has 1 fully saturated rings. The molecule has 0 bridgehead atoms. The summed E-state index contributed by atoms with van der Waals surface area (Å²) in [5.74, 6) is 0.870. The third kappa shape index (κ3) is 1.91. The number of aliphatic hydroxyl groups excluding tert-OH is 1. The number of hydrogen-bond donors (Lipinski definition) is 1. The number of rotatable bonds is 3. The highest BCUT2D eigenvalue weighted by Crippen LogP contribution is 2.40. The number of imidazole rings is 1. The molecular weight excluding hydrogens is 252 g/mol. The number of hydrogen-bond acceptors (Lipinski definition) is 3. The summed E-state index contributed by atoms with van der Waals surface area (Å²) in [5.41, 5.74) is 2.94. The summed E-state index contributed by atoms with van der Waals surface area (Å²) in [6.07, 6.45) is 7.37. The van der Waals surface area contributed by atoms with Crippen LogP contribution in [0.15, 0.2) is 30.7 Å². The molecule has 1 saturated carbocycles. The predicted molar refractivity (Wildman–Crippen MR) is 74.8 cm³/mol. The fourth-order valence-corrected chi connectivity index (χ4v) is 2.97. The van der Waals surface area contributed by atoms with Gasteiger partial charge in [0.05, 0.1) is 24.8 Å². The van der Waals surface area contributed by atoms with Gasteiger partial charge in [0.1, 0.15) is 11.9 Å². The standard InChI is InChI=1S/C16H18N2O2/c19-15(14-9-17-10-18(14)12-6-7-12)13-5-1-3-11-4-2-8-20-16(11)13/h1,3,5,9-10,12,15,19H,2,4,6-8H2. The van der Waals surface area contributed by atoms with Crippen LogP contribution in [0.5, 0.6) is 5.75 Å². The van der Waals surface area contributed by atoms with E-state index in [-0.39, 0.29) is 0 Å². The van der Waals surface area contributed by atoms with Crippen molar-refractivity contribution in [2.75, 3.05) is 6.61 Å². The van der Waals surface area contributed by atoms with Crippen LogP contribution in [0.2, 0.25) is 0 Å². The normalized spacial score (nSPS) is 19.2. The molecule has 1 unspecified atom stereocenters. The van der Waals surface area contributed by atoms with Crippen molar-refractivity contribution in [3.63, 3.8) is 0 Å². The van der Waals surface area contributed by atoms with Crippen molar-refractivity contribution in [3.05, 3.63) is 47.5 Å². The number of ether oxygens (including phenoxy) is 1. The van der Waals surface area contributed by atoms with E-state index in [0.717, 1.165) is 36.5 Å². The molecule has 4 rings (SSSR count). The van der Waals surface area contributed by atoms with Crippen molar-refractivity contribution in [1.29, 1.82) is 0 Å². The molecule has 4 heteroatoms. The fourth-order valence-electron chi connectivity index (χ4n) is 2.97. The van der Waals surface area contributed by atoms with E-state index < -0.39 is 6.10 Å². The molecule has 1 atom stereocenters. The van der Waals surface area contributed by atoms with Crippen LogP contribution in [-0.4, -0.2) is 21.3 Å². The van der Waals surface area contributed by atoms with Crippen LogP contribution >= 0.6 is 0 Å². The molecule has 0 spiro atoms. The Bertz CT molecular complexity index is 631. The molecule has 0 amide bonds. The van der Waals surface area contributed by atoms with Crippen LogP contribution in [-0.2, 0) is 6.42 Å². The SMILES string of the molecule is OC(c1cccc2c1OCCC2)c1cncn1C1CC1. The van der Waals surface area contributed by atoms with Gasteiger partial charge in [-0.15, -0.1) is 0 Å². The van der Waals surface area contributed by atoms with Crippen LogP contribution in [0, 0.1) is 0 Å². The van der Waals surface area contributed by atoms with Gasteiger partial charge in [-0.3, -0.25) is 0 Å². The van der Waals surface area contributed by atoms with E-state index >= 15 is 0 Å². The van der Waals surface area contributed by atoms with Gasteiger partial charge in [-0.1, -0.05) is 18.2 Å². The maximum atomic E-state index is 10.8. The van der Waals surface area contributed by atoms with Gasteiger partial charge >= 0.3 is 0 Å². The number of fused-ring (bicyclic) bond motifs is 1. The van der Waals surface area contributed by atoms with Gasteiger partial charge in [-0.05, 0) is 31.2 Å². The molecule has 0 radical (unpaired) electrons. The van der Waals surface area contributed by atoms with E-state index in [4.69, 9.17) is 4.74 Å². The topological polar surface area (TPSA) is 47.3 Å². The lowest BCUT2D eigenvalue weighted by atomic mass is 9.98. The highest BCUT2D eigenvalue weighted by molar-refractivity contribution is 5.46. The monoisotopic (exact) mass is 270 g/mol. The Kier molecular flexibility index (Phi) is 2.77. The molecular formula is C16H18N2O2. The Balaban J connectivity index is 1.74. The van der Waals surface area contributed by atoms with Crippen LogP contribution < -0.4 is 4.74 Å². The second-order valence-electron chi connectivity index (χ2n) is 5.65. The molecule has 2 aromatic rings. The molecule has 1 aromatic carbocycles. The quantitative estimate of drug-likeness (QED) is 0.932. The van der Waals surface area contributed by atoms with Gasteiger partial charge in [0, 0.05) is 11.6 Å². The van der Waals surface area contributed by atoms with Gasteiger partial charge in [0.15, 0.2) is 0 Å². The van der Waals surface area contributed by atoms with Crippen LogP contribution in [0.3, 0.4) is 0 Å². The van der Waals surface area contributed by atoms with Crippen molar-refractivity contribution in [3.8, 4) is 5.75 Å². The van der Waals surface area contributed by atoms with Crippen LogP contribution in [0.25, 0.3) is 0 Å². The summed E-state index contributed by atoms with van der Waals surface area (Å²) in [7, 11) is 0. The van der Waals surface area contributed by atoms with Crippen molar-refractivity contribution in [2.24, 2.45) is 0 Å². The van der Waals surface area contributed by atoms with Crippen molar-refractivity contribution in [1.82, 2.24) is 9.55 Å². The summed E-state index contributed by atoms with van der Waals surface area (Å²) in [6.45, 7) is 0.735. The van der Waals surface area contributed by atoms with E-state index in [1.54, 1.807) is 6.20 Å². The van der Waals surface area contributed by atoms with Crippen molar-refractivity contribution < 1.29 is 9.84 Å². The molecule has 0 saturated heterocycles. The average molecular weight is 270 g/mol. The molecule has 1 aliphatic carbocycles. The first-order valence-electron chi connectivity index (χ1n) is 7.29. The maximum Gasteiger partial charge on any atom is 0.128 e. The third-order valence-corrected chi connectivity index (χ3v) is 4.17. The van der Waals surface area contributed by atoms with Gasteiger partial charge in [0.2, 0.25) is 0 Å². The molecule has 2 heterocycles. The Morgan fingerprint density at radius 3 is 3.10 bits per heavy atom. The summed E-state index contributed by atoms with van der Waals surface area (Å²) in [5, 5.41) is 10.8. The average Bonchev–Trinajstić information content (AvgIpc) is 3.23. The number of aromatic nitrogens is 2. The molecule has 4 nitrogen and oxygen atoms in total. The Labute approximate surface area is 118 Å². The van der Waals surface area contributed by atoms with Crippen LogP contribution in [0.1, 0.15) is 48.2 Å². The number of para-hydroxylation sites is 1. The zero-order valence-electron chi connectivity index (χ0n) is 11.3. The number of nitrogens with zero attached hydrogens (tertiary/aromatic N) is 2. The summed E-state index contributed by atoms with van der Waals surface area (Å²) in [4.78, 5) is 4.20. The molecule has 2 aliphatic rings. The second kappa shape index (κ2) is 4.63. The van der Waals surface area contributed by atoms with Crippen molar-refractivity contribution >= 4 is 0 Å². The number of aryl methyl sites for hydroxylation is 1. The second-order valence-corrected chi connectivity index (χ2v) is 5.65. The lowest BCUT2D eigenvalue weighted by Crippen LogP contribution is -2.14. The van der Waals surface area contributed by atoms with E-state index in [2.05, 4.69) is 15.6 Å². The smallest absolute Gasteiger partial charge is 0.128 e. The fraction of sp³-hybridized carbons (Fsp3) is 0.438. The third-order valence-electron chi connectivity index (χ3n) is 4.17. The zero-order chi connectivity index (χ0) is 13.5. The van der Waals surface area contributed by atoms with E-state index in [9.17, 15) is 5.11 Å². The van der Waals surface area contributed by atoms with E-state index in [1.165, 1.54) is 18.4 Å². The molecule has 20 heavy (non-hydrogen) atoms. The first kappa shape index (κ1) is 12.0. The summed E-state index contributed by atoms with van der Waals surface area (Å²) >= 11 is 0. The maximum absolute atomic E-state index is 10.8. The Morgan fingerprint density at radius 2 is 2.25 bits per heavy atom. The summed E-state index contributed by atoms with van der Waals surface area (Å²) < 4.78 is 7.90. The molecule has 1 aromatic heterocycles. The first-order valence-corrected chi connectivity index (χ1v) is 7.29. The lowest BCUT2D eigenvalue weighted by molar-refractivity contribution is 0.198. The highest BCUT2D eigenvalue weighted by Gasteiger charge is 2.29. The highest BCUT2D eigenvalue weighted by atomic mass is 16.5. The minimum absolute atomic E-state index is 0.516. The molecule has 104 valence electrons. The first-order chi connectivity index (χ1) is 9.84. The van der Waals surface area contributed by atoms with Gasteiger partial charge < -0.3 is 14.4 Å². The van der Waals surface area contributed by atoms with Crippen LogP contribution in [0.4, 0.5) is 0 Å². The van der Waals surface area contributed by atoms with Crippen molar-refractivity contribution in [2.45, 2.75) is 37.8 Å². The minimum Gasteiger partial charge on any atom is -0.493 e. The minimum atomic E-state index is -0.661. The summed E-state index contributed by atoms with van der Waals surface area (Å²) in [6, 6.07) is 6.56. The van der Waals surface area contributed by atoms with E-state index in [1.807, 2.05) is 18.5 Å². The van der Waals surface area contributed by atoms with E-state index in [0.29, 0.717) is 6.04 Å². The molecule has 1 aliphatic heterocycles. The van der Waals surface area contributed by atoms with Gasteiger partial charge in [-0.2, -0.15) is 0 Å². The zero-order valence-corrected chi connectivity index (χ0v) is 11.3. The number of aliphatic hydroxyl groups is 1. The molecule has 1 N–H and O–H groups in total. The Hall–Kier alpha value is -1.81. The Morgan fingerprint density at radius 1 is 1.35 bits per heavy atom. The number of benzene rings is 1. The lowest BCUT2D eigenvalue weighted by Gasteiger charge is -2.23.